The maximum atomic E-state index is 4.69. The second-order valence-electron chi connectivity index (χ2n) is 5.28. The molecule has 106 valence electrons. The highest BCUT2D eigenvalue weighted by atomic mass is 15.3. The number of rotatable bonds is 2. The fraction of sp³-hybridized carbons (Fsp3) is 0.467. The number of para-hydroxylation sites is 1. The third-order valence-corrected chi connectivity index (χ3v) is 3.83. The molecule has 1 fully saturated rings. The van der Waals surface area contributed by atoms with Crippen LogP contribution in [0.25, 0.3) is 10.9 Å². The lowest BCUT2D eigenvalue weighted by Crippen LogP contribution is -2.29. The van der Waals surface area contributed by atoms with Crippen LogP contribution in [0.15, 0.2) is 24.3 Å². The van der Waals surface area contributed by atoms with Crippen LogP contribution >= 0.6 is 0 Å². The average Bonchev–Trinajstić information content (AvgIpc) is 2.71. The number of nitrogens with one attached hydrogen (secondary N) is 1. The second kappa shape index (κ2) is 5.63. The minimum absolute atomic E-state index is 0.691. The Labute approximate surface area is 119 Å². The van der Waals surface area contributed by atoms with Crippen molar-refractivity contribution in [2.24, 2.45) is 0 Å². The number of hydrogen-bond donors (Lipinski definition) is 1. The lowest BCUT2D eigenvalue weighted by atomic mass is 10.2. The van der Waals surface area contributed by atoms with Crippen LogP contribution in [0.5, 0.6) is 0 Å². The highest BCUT2D eigenvalue weighted by Gasteiger charge is 2.17. The number of aromatic nitrogens is 2. The van der Waals surface area contributed by atoms with Crippen LogP contribution in [-0.4, -0.2) is 55.1 Å². The molecular formula is C15H21N5. The minimum Gasteiger partial charge on any atom is -0.357 e. The molecule has 0 bridgehead atoms. The highest BCUT2D eigenvalue weighted by Crippen LogP contribution is 2.25. The summed E-state index contributed by atoms with van der Waals surface area (Å²) in [7, 11) is 4.05. The summed E-state index contributed by atoms with van der Waals surface area (Å²) >= 11 is 0. The summed E-state index contributed by atoms with van der Waals surface area (Å²) in [4.78, 5) is 14.0. The molecule has 1 saturated heterocycles. The Morgan fingerprint density at radius 1 is 1.05 bits per heavy atom. The Kier molecular flexibility index (Phi) is 3.69. The smallest absolute Gasteiger partial charge is 0.224 e. The van der Waals surface area contributed by atoms with E-state index in [9.17, 15) is 0 Å². The van der Waals surface area contributed by atoms with Crippen molar-refractivity contribution in [3.8, 4) is 0 Å². The Bertz CT molecular complexity index is 598. The first-order valence-corrected chi connectivity index (χ1v) is 7.16. The van der Waals surface area contributed by atoms with Gasteiger partial charge < -0.3 is 15.1 Å². The van der Waals surface area contributed by atoms with Crippen LogP contribution in [-0.2, 0) is 0 Å². The zero-order valence-corrected chi connectivity index (χ0v) is 12.1. The summed E-state index contributed by atoms with van der Waals surface area (Å²) in [6.07, 6.45) is 1.17. The Morgan fingerprint density at radius 2 is 1.90 bits per heavy atom. The largest absolute Gasteiger partial charge is 0.357 e. The maximum Gasteiger partial charge on any atom is 0.224 e. The van der Waals surface area contributed by atoms with Crippen molar-refractivity contribution < 1.29 is 0 Å². The molecule has 2 heterocycles. The van der Waals surface area contributed by atoms with Crippen LogP contribution in [0.1, 0.15) is 6.42 Å². The summed E-state index contributed by atoms with van der Waals surface area (Å²) < 4.78 is 0. The predicted molar refractivity (Wildman–Crippen MR) is 83.4 cm³/mol. The summed E-state index contributed by atoms with van der Waals surface area (Å²) in [5, 5.41) is 4.20. The van der Waals surface area contributed by atoms with E-state index in [0.29, 0.717) is 5.95 Å². The minimum atomic E-state index is 0.691. The summed E-state index contributed by atoms with van der Waals surface area (Å²) in [6.45, 7) is 4.29. The van der Waals surface area contributed by atoms with Gasteiger partial charge in [0.2, 0.25) is 5.95 Å². The Morgan fingerprint density at radius 3 is 2.75 bits per heavy atom. The van der Waals surface area contributed by atoms with Crippen molar-refractivity contribution in [1.82, 2.24) is 14.9 Å². The number of benzene rings is 1. The van der Waals surface area contributed by atoms with E-state index in [0.717, 1.165) is 42.9 Å². The molecule has 0 amide bonds. The molecule has 0 saturated carbocycles. The molecule has 1 aromatic heterocycles. The molecule has 0 spiro atoms. The molecule has 5 nitrogen and oxygen atoms in total. The van der Waals surface area contributed by atoms with Gasteiger partial charge in [0.05, 0.1) is 5.52 Å². The standard InChI is InChI=1S/C15H21N5/c1-16-15-17-13-7-4-3-6-12(13)14(18-15)20-9-5-8-19(2)10-11-20/h3-4,6-7H,5,8-11H2,1-2H3,(H,16,17,18). The Hall–Kier alpha value is -1.88. The maximum absolute atomic E-state index is 4.69. The topological polar surface area (TPSA) is 44.3 Å². The highest BCUT2D eigenvalue weighted by molar-refractivity contribution is 5.90. The van der Waals surface area contributed by atoms with Gasteiger partial charge in [-0.1, -0.05) is 12.1 Å². The van der Waals surface area contributed by atoms with E-state index >= 15 is 0 Å². The van der Waals surface area contributed by atoms with E-state index in [1.807, 2.05) is 19.2 Å². The van der Waals surface area contributed by atoms with Gasteiger partial charge in [-0.2, -0.15) is 4.98 Å². The zero-order chi connectivity index (χ0) is 13.9. The third-order valence-electron chi connectivity index (χ3n) is 3.83. The van der Waals surface area contributed by atoms with E-state index in [1.54, 1.807) is 0 Å². The van der Waals surface area contributed by atoms with Crippen molar-refractivity contribution >= 4 is 22.7 Å². The molecule has 3 rings (SSSR count). The number of anilines is 2. The third kappa shape index (κ3) is 2.54. The first kappa shape index (κ1) is 13.1. The number of nitrogens with zero attached hydrogens (tertiary/aromatic N) is 4. The summed E-state index contributed by atoms with van der Waals surface area (Å²) in [5.74, 6) is 1.74. The molecule has 0 aliphatic carbocycles. The van der Waals surface area contributed by atoms with Crippen molar-refractivity contribution in [3.63, 3.8) is 0 Å². The summed E-state index contributed by atoms with van der Waals surface area (Å²) in [5.41, 5.74) is 0.999. The quantitative estimate of drug-likeness (QED) is 0.902. The van der Waals surface area contributed by atoms with Crippen molar-refractivity contribution in [2.75, 3.05) is 50.5 Å². The van der Waals surface area contributed by atoms with Gasteiger partial charge in [0.15, 0.2) is 0 Å². The fourth-order valence-electron chi connectivity index (χ4n) is 2.67. The Balaban J connectivity index is 2.04. The van der Waals surface area contributed by atoms with E-state index < -0.39 is 0 Å². The average molecular weight is 271 g/mol. The van der Waals surface area contributed by atoms with Crippen LogP contribution in [0.2, 0.25) is 0 Å². The molecule has 2 aromatic rings. The van der Waals surface area contributed by atoms with Crippen LogP contribution < -0.4 is 10.2 Å². The summed E-state index contributed by atoms with van der Waals surface area (Å²) in [6, 6.07) is 8.23. The van der Waals surface area contributed by atoms with Crippen LogP contribution in [0.4, 0.5) is 11.8 Å². The normalized spacial score (nSPS) is 17.2. The molecule has 20 heavy (non-hydrogen) atoms. The lowest BCUT2D eigenvalue weighted by Gasteiger charge is -2.23. The monoisotopic (exact) mass is 271 g/mol. The molecule has 1 aromatic carbocycles. The van der Waals surface area contributed by atoms with Gasteiger partial charge in [0.25, 0.3) is 0 Å². The number of fused-ring (bicyclic) bond motifs is 1. The van der Waals surface area contributed by atoms with Crippen LogP contribution in [0, 0.1) is 0 Å². The van der Waals surface area contributed by atoms with Gasteiger partial charge in [-0.25, -0.2) is 4.98 Å². The second-order valence-corrected chi connectivity index (χ2v) is 5.28. The first-order chi connectivity index (χ1) is 9.78. The molecule has 0 unspecified atom stereocenters. The lowest BCUT2D eigenvalue weighted by molar-refractivity contribution is 0.360. The zero-order valence-electron chi connectivity index (χ0n) is 12.1. The molecule has 1 N–H and O–H groups in total. The molecule has 0 radical (unpaired) electrons. The van der Waals surface area contributed by atoms with Gasteiger partial charge in [-0.15, -0.1) is 0 Å². The van der Waals surface area contributed by atoms with Crippen LogP contribution in [0.3, 0.4) is 0 Å². The SMILES string of the molecule is CNc1nc(N2CCCN(C)CC2)c2ccccc2n1. The number of hydrogen-bond acceptors (Lipinski definition) is 5. The molecule has 1 aliphatic heterocycles. The predicted octanol–water partition coefficient (Wildman–Crippen LogP) is 1.81. The van der Waals surface area contributed by atoms with Gasteiger partial charge in [-0.05, 0) is 32.1 Å². The van der Waals surface area contributed by atoms with E-state index in [-0.39, 0.29) is 0 Å². The van der Waals surface area contributed by atoms with Crippen molar-refractivity contribution in [1.29, 1.82) is 0 Å². The first-order valence-electron chi connectivity index (χ1n) is 7.16. The molecule has 0 atom stereocenters. The van der Waals surface area contributed by atoms with E-state index in [4.69, 9.17) is 4.98 Å². The van der Waals surface area contributed by atoms with Gasteiger partial charge >= 0.3 is 0 Å². The molecule has 5 heteroatoms. The van der Waals surface area contributed by atoms with E-state index in [1.165, 1.54) is 6.42 Å². The van der Waals surface area contributed by atoms with Crippen molar-refractivity contribution in [2.45, 2.75) is 6.42 Å². The van der Waals surface area contributed by atoms with Gasteiger partial charge in [0, 0.05) is 32.1 Å². The van der Waals surface area contributed by atoms with Crippen molar-refractivity contribution in [3.05, 3.63) is 24.3 Å². The number of likely N-dealkylation sites (N-methyl/N-ethyl adjacent to an activating group) is 1. The van der Waals surface area contributed by atoms with Gasteiger partial charge in [0.1, 0.15) is 5.82 Å². The van der Waals surface area contributed by atoms with Gasteiger partial charge in [-0.3, -0.25) is 0 Å². The fourth-order valence-corrected chi connectivity index (χ4v) is 2.67. The molecule has 1 aliphatic rings. The van der Waals surface area contributed by atoms with E-state index in [2.05, 4.69) is 39.3 Å². The molecular weight excluding hydrogens is 250 g/mol.